The van der Waals surface area contributed by atoms with Crippen molar-refractivity contribution in [3.8, 4) is 0 Å². The fourth-order valence-electron chi connectivity index (χ4n) is 2.60. The standard InChI is InChI=1S/C14H32N2/c1-12(2,3)14(16,13(4,5)6)10-8-7-9-11-15/h7-11,15-16H2,1-6H3. The minimum absolute atomic E-state index is 0.116. The molecule has 0 aliphatic heterocycles. The Morgan fingerprint density at radius 1 is 0.750 bits per heavy atom. The molecule has 0 aliphatic carbocycles. The summed E-state index contributed by atoms with van der Waals surface area (Å²) in [4.78, 5) is 0. The molecule has 0 saturated carbocycles. The number of unbranched alkanes of at least 4 members (excludes halogenated alkanes) is 2. The molecule has 0 amide bonds. The van der Waals surface area contributed by atoms with Gasteiger partial charge < -0.3 is 11.5 Å². The molecule has 0 aromatic carbocycles. The molecule has 0 bridgehead atoms. The van der Waals surface area contributed by atoms with Gasteiger partial charge in [0.25, 0.3) is 0 Å². The fraction of sp³-hybridized carbons (Fsp3) is 1.00. The topological polar surface area (TPSA) is 52.0 Å². The molecule has 0 saturated heterocycles. The summed E-state index contributed by atoms with van der Waals surface area (Å²) in [5.41, 5.74) is 12.4. The van der Waals surface area contributed by atoms with Gasteiger partial charge in [-0.25, -0.2) is 0 Å². The summed E-state index contributed by atoms with van der Waals surface area (Å²) in [7, 11) is 0. The SMILES string of the molecule is CC(C)(C)C(N)(CCCCCN)C(C)(C)C. The molecule has 0 aromatic heterocycles. The van der Waals surface area contributed by atoms with Crippen LogP contribution in [-0.2, 0) is 0 Å². The van der Waals surface area contributed by atoms with Crippen LogP contribution >= 0.6 is 0 Å². The molecule has 0 aromatic rings. The van der Waals surface area contributed by atoms with Crippen molar-refractivity contribution < 1.29 is 0 Å². The summed E-state index contributed by atoms with van der Waals surface area (Å²) in [6.45, 7) is 14.3. The van der Waals surface area contributed by atoms with Crippen molar-refractivity contribution in [1.29, 1.82) is 0 Å². The van der Waals surface area contributed by atoms with Crippen LogP contribution < -0.4 is 11.5 Å². The third-order valence-corrected chi connectivity index (χ3v) is 3.95. The summed E-state index contributed by atoms with van der Waals surface area (Å²) >= 11 is 0. The van der Waals surface area contributed by atoms with Crippen molar-refractivity contribution >= 4 is 0 Å². The monoisotopic (exact) mass is 228 g/mol. The van der Waals surface area contributed by atoms with E-state index in [2.05, 4.69) is 41.5 Å². The Bertz CT molecular complexity index is 182. The van der Waals surface area contributed by atoms with Crippen LogP contribution in [0.4, 0.5) is 0 Å². The first-order valence-electron chi connectivity index (χ1n) is 6.55. The predicted molar refractivity (Wildman–Crippen MR) is 73.4 cm³/mol. The number of rotatable bonds is 5. The van der Waals surface area contributed by atoms with Crippen molar-refractivity contribution in [2.24, 2.45) is 22.3 Å². The highest BCUT2D eigenvalue weighted by Gasteiger charge is 2.46. The highest BCUT2D eigenvalue weighted by molar-refractivity contribution is 5.03. The maximum Gasteiger partial charge on any atom is 0.0252 e. The van der Waals surface area contributed by atoms with E-state index < -0.39 is 0 Å². The van der Waals surface area contributed by atoms with E-state index in [-0.39, 0.29) is 16.4 Å². The lowest BCUT2D eigenvalue weighted by Crippen LogP contribution is -2.60. The van der Waals surface area contributed by atoms with Gasteiger partial charge in [0.1, 0.15) is 0 Å². The molecular formula is C14H32N2. The van der Waals surface area contributed by atoms with E-state index in [0.717, 1.165) is 19.4 Å². The lowest BCUT2D eigenvalue weighted by Gasteiger charge is -2.51. The quantitative estimate of drug-likeness (QED) is 0.709. The largest absolute Gasteiger partial charge is 0.330 e. The summed E-state index contributed by atoms with van der Waals surface area (Å²) in [5, 5.41) is 0. The number of hydrogen-bond donors (Lipinski definition) is 2. The van der Waals surface area contributed by atoms with Gasteiger partial charge >= 0.3 is 0 Å². The Kier molecular flexibility index (Phi) is 5.48. The molecule has 0 rings (SSSR count). The van der Waals surface area contributed by atoms with Crippen LogP contribution in [0.1, 0.15) is 67.2 Å². The van der Waals surface area contributed by atoms with Gasteiger partial charge in [-0.1, -0.05) is 54.4 Å². The Morgan fingerprint density at radius 2 is 1.19 bits per heavy atom. The van der Waals surface area contributed by atoms with Crippen LogP contribution in [-0.4, -0.2) is 12.1 Å². The second-order valence-electron chi connectivity index (χ2n) is 7.07. The van der Waals surface area contributed by atoms with Crippen LogP contribution in [0.5, 0.6) is 0 Å². The zero-order chi connectivity index (χ0) is 13.0. The first-order chi connectivity index (χ1) is 7.06. The van der Waals surface area contributed by atoms with E-state index in [1.807, 2.05) is 0 Å². The molecule has 16 heavy (non-hydrogen) atoms. The zero-order valence-electron chi connectivity index (χ0n) is 12.2. The molecule has 0 unspecified atom stereocenters. The smallest absolute Gasteiger partial charge is 0.0252 e. The maximum absolute atomic E-state index is 6.70. The highest BCUT2D eigenvalue weighted by atomic mass is 14.8. The molecular weight excluding hydrogens is 196 g/mol. The Hall–Kier alpha value is -0.0800. The molecule has 0 radical (unpaired) electrons. The summed E-state index contributed by atoms with van der Waals surface area (Å²) in [6.07, 6.45) is 4.58. The minimum atomic E-state index is -0.116. The van der Waals surface area contributed by atoms with Crippen molar-refractivity contribution in [3.63, 3.8) is 0 Å². The van der Waals surface area contributed by atoms with Crippen molar-refractivity contribution in [2.75, 3.05) is 6.54 Å². The Balaban J connectivity index is 4.59. The van der Waals surface area contributed by atoms with Crippen molar-refractivity contribution in [1.82, 2.24) is 0 Å². The molecule has 2 nitrogen and oxygen atoms in total. The third-order valence-electron chi connectivity index (χ3n) is 3.95. The summed E-state index contributed by atoms with van der Waals surface area (Å²) in [6, 6.07) is 0. The molecule has 0 aliphatic rings. The molecule has 0 heterocycles. The molecule has 4 N–H and O–H groups in total. The molecule has 2 heteroatoms. The fourth-order valence-corrected chi connectivity index (χ4v) is 2.60. The minimum Gasteiger partial charge on any atom is -0.330 e. The van der Waals surface area contributed by atoms with Gasteiger partial charge in [-0.15, -0.1) is 0 Å². The average molecular weight is 228 g/mol. The average Bonchev–Trinajstić information content (AvgIpc) is 2.08. The van der Waals surface area contributed by atoms with Crippen LogP contribution in [0.25, 0.3) is 0 Å². The second kappa shape index (κ2) is 5.50. The first-order valence-corrected chi connectivity index (χ1v) is 6.55. The molecule has 0 spiro atoms. The van der Waals surface area contributed by atoms with E-state index in [9.17, 15) is 0 Å². The van der Waals surface area contributed by atoms with Crippen LogP contribution in [0.3, 0.4) is 0 Å². The second-order valence-corrected chi connectivity index (χ2v) is 7.07. The van der Waals surface area contributed by atoms with Crippen molar-refractivity contribution in [2.45, 2.75) is 72.8 Å². The normalized spacial score (nSPS) is 14.2. The first kappa shape index (κ1) is 15.9. The van der Waals surface area contributed by atoms with Gasteiger partial charge in [0, 0.05) is 5.54 Å². The third kappa shape index (κ3) is 3.74. The maximum atomic E-state index is 6.70. The van der Waals surface area contributed by atoms with Gasteiger partial charge in [-0.2, -0.15) is 0 Å². The number of hydrogen-bond acceptors (Lipinski definition) is 2. The highest BCUT2D eigenvalue weighted by Crippen LogP contribution is 2.45. The summed E-state index contributed by atoms with van der Waals surface area (Å²) in [5.74, 6) is 0. The van der Waals surface area contributed by atoms with Gasteiger partial charge in [0.2, 0.25) is 0 Å². The van der Waals surface area contributed by atoms with E-state index >= 15 is 0 Å². The van der Waals surface area contributed by atoms with Crippen LogP contribution in [0, 0.1) is 10.8 Å². The van der Waals surface area contributed by atoms with Crippen molar-refractivity contribution in [3.05, 3.63) is 0 Å². The van der Waals surface area contributed by atoms with E-state index in [1.54, 1.807) is 0 Å². The van der Waals surface area contributed by atoms with E-state index in [1.165, 1.54) is 12.8 Å². The Morgan fingerprint density at radius 3 is 1.50 bits per heavy atom. The summed E-state index contributed by atoms with van der Waals surface area (Å²) < 4.78 is 0. The zero-order valence-corrected chi connectivity index (χ0v) is 12.2. The van der Waals surface area contributed by atoms with E-state index in [0.29, 0.717) is 0 Å². The van der Waals surface area contributed by atoms with Gasteiger partial charge in [-0.05, 0) is 30.2 Å². The van der Waals surface area contributed by atoms with Gasteiger partial charge in [0.15, 0.2) is 0 Å². The lowest BCUT2D eigenvalue weighted by atomic mass is 9.58. The molecule has 98 valence electrons. The van der Waals surface area contributed by atoms with Crippen LogP contribution in [0.15, 0.2) is 0 Å². The number of nitrogens with two attached hydrogens (primary N) is 2. The van der Waals surface area contributed by atoms with Gasteiger partial charge in [0.05, 0.1) is 0 Å². The van der Waals surface area contributed by atoms with Crippen LogP contribution in [0.2, 0.25) is 0 Å². The van der Waals surface area contributed by atoms with E-state index in [4.69, 9.17) is 11.5 Å². The lowest BCUT2D eigenvalue weighted by molar-refractivity contribution is 0.0486. The predicted octanol–water partition coefficient (Wildman–Crippen LogP) is 3.30. The molecule has 0 atom stereocenters. The molecule has 0 fully saturated rings. The Labute approximate surface area is 102 Å². The van der Waals surface area contributed by atoms with Gasteiger partial charge in [-0.3, -0.25) is 0 Å².